The Kier molecular flexibility index (Phi) is 3.79. The van der Waals surface area contributed by atoms with E-state index in [1.54, 1.807) is 10.7 Å². The van der Waals surface area contributed by atoms with E-state index in [-0.39, 0.29) is 5.82 Å². The molecule has 2 aromatic carbocycles. The number of halogens is 2. The van der Waals surface area contributed by atoms with Crippen LogP contribution in [0.1, 0.15) is 5.56 Å². The van der Waals surface area contributed by atoms with Crippen molar-refractivity contribution in [3.63, 3.8) is 0 Å². The Morgan fingerprint density at radius 2 is 2.10 bits per heavy atom. The fourth-order valence-corrected chi connectivity index (χ4v) is 2.13. The molecule has 0 unspecified atom stereocenters. The molecule has 0 aliphatic rings. The summed E-state index contributed by atoms with van der Waals surface area (Å²) in [6.07, 6.45) is 1.52. The van der Waals surface area contributed by atoms with Crippen molar-refractivity contribution in [2.24, 2.45) is 0 Å². The van der Waals surface area contributed by atoms with E-state index >= 15 is 0 Å². The Morgan fingerprint density at radius 3 is 2.86 bits per heavy atom. The lowest BCUT2D eigenvalue weighted by molar-refractivity contribution is 0.627. The van der Waals surface area contributed by atoms with Crippen molar-refractivity contribution >= 4 is 17.3 Å². The third kappa shape index (κ3) is 3.17. The van der Waals surface area contributed by atoms with Crippen LogP contribution in [0.3, 0.4) is 0 Å². The molecule has 1 N–H and O–H groups in total. The number of hydrogen-bond donors (Lipinski definition) is 1. The molecule has 0 aliphatic heterocycles. The second-order valence-corrected chi connectivity index (χ2v) is 4.80. The molecule has 5 nitrogen and oxygen atoms in total. The number of aromatic nitrogens is 4. The van der Waals surface area contributed by atoms with Crippen LogP contribution in [-0.4, -0.2) is 20.2 Å². The van der Waals surface area contributed by atoms with Crippen molar-refractivity contribution in [1.29, 1.82) is 0 Å². The summed E-state index contributed by atoms with van der Waals surface area (Å²) < 4.78 is 14.6. The van der Waals surface area contributed by atoms with E-state index in [4.69, 9.17) is 11.6 Å². The van der Waals surface area contributed by atoms with Gasteiger partial charge in [-0.2, -0.15) is 0 Å². The molecule has 0 bridgehead atoms. The summed E-state index contributed by atoms with van der Waals surface area (Å²) in [6, 6.07) is 12.0. The molecule has 0 saturated heterocycles. The highest BCUT2D eigenvalue weighted by Crippen LogP contribution is 2.19. The molecular weight excluding hydrogens is 293 g/mol. The molecule has 0 spiro atoms. The maximum absolute atomic E-state index is 13.0. The minimum atomic E-state index is -0.343. The Balaban J connectivity index is 1.75. The lowest BCUT2D eigenvalue weighted by Gasteiger charge is -2.09. The molecule has 0 amide bonds. The monoisotopic (exact) mass is 303 g/mol. The highest BCUT2D eigenvalue weighted by atomic mass is 35.5. The summed E-state index contributed by atoms with van der Waals surface area (Å²) in [5.41, 5.74) is 2.56. The summed E-state index contributed by atoms with van der Waals surface area (Å²) in [6.45, 7) is 0.498. The van der Waals surface area contributed by atoms with Crippen LogP contribution in [0.5, 0.6) is 0 Å². The van der Waals surface area contributed by atoms with Crippen LogP contribution in [-0.2, 0) is 6.54 Å². The van der Waals surface area contributed by atoms with Crippen molar-refractivity contribution in [1.82, 2.24) is 20.2 Å². The summed E-state index contributed by atoms with van der Waals surface area (Å²) >= 11 is 6.00. The van der Waals surface area contributed by atoms with Crippen LogP contribution in [0.4, 0.5) is 10.1 Å². The van der Waals surface area contributed by atoms with E-state index in [0.29, 0.717) is 11.6 Å². The van der Waals surface area contributed by atoms with Crippen molar-refractivity contribution in [3.8, 4) is 5.69 Å². The quantitative estimate of drug-likeness (QED) is 0.805. The fraction of sp³-hybridized carbons (Fsp3) is 0.0714. The molecule has 3 rings (SSSR count). The summed E-state index contributed by atoms with van der Waals surface area (Å²) in [5, 5.41) is 14.7. The molecule has 7 heteroatoms. The summed E-state index contributed by atoms with van der Waals surface area (Å²) in [5.74, 6) is -0.343. The number of tetrazole rings is 1. The number of benzene rings is 2. The zero-order valence-electron chi connectivity index (χ0n) is 10.9. The van der Waals surface area contributed by atoms with Gasteiger partial charge in [-0.15, -0.1) is 5.10 Å². The Morgan fingerprint density at radius 1 is 1.19 bits per heavy atom. The maximum atomic E-state index is 13.0. The van der Waals surface area contributed by atoms with Gasteiger partial charge in [0.15, 0.2) is 0 Å². The van der Waals surface area contributed by atoms with Crippen LogP contribution < -0.4 is 5.32 Å². The first-order chi connectivity index (χ1) is 10.2. The zero-order valence-corrected chi connectivity index (χ0v) is 11.6. The van der Waals surface area contributed by atoms with E-state index in [1.807, 2.05) is 24.3 Å². The van der Waals surface area contributed by atoms with Crippen LogP contribution in [0.25, 0.3) is 5.69 Å². The summed E-state index contributed by atoms with van der Waals surface area (Å²) in [4.78, 5) is 0. The van der Waals surface area contributed by atoms with Gasteiger partial charge in [-0.05, 0) is 46.3 Å². The molecule has 1 heterocycles. The lowest BCUT2D eigenvalue weighted by Crippen LogP contribution is -2.02. The number of rotatable bonds is 4. The van der Waals surface area contributed by atoms with Crippen molar-refractivity contribution in [3.05, 3.63) is 65.2 Å². The van der Waals surface area contributed by atoms with Gasteiger partial charge in [-0.1, -0.05) is 23.7 Å². The van der Waals surface area contributed by atoms with Gasteiger partial charge in [0, 0.05) is 17.3 Å². The number of nitrogens with one attached hydrogen (secondary N) is 1. The van der Waals surface area contributed by atoms with Gasteiger partial charge in [0.1, 0.15) is 12.1 Å². The SMILES string of the molecule is Fc1ccc(CNc2cccc(-n3cnnn3)c2)c(Cl)c1. The van der Waals surface area contributed by atoms with Crippen LogP contribution in [0.2, 0.25) is 5.02 Å². The molecule has 0 atom stereocenters. The van der Waals surface area contributed by atoms with E-state index in [9.17, 15) is 4.39 Å². The Hall–Kier alpha value is -2.47. The number of hydrogen-bond acceptors (Lipinski definition) is 4. The van der Waals surface area contributed by atoms with E-state index in [2.05, 4.69) is 20.8 Å². The maximum Gasteiger partial charge on any atom is 0.143 e. The molecular formula is C14H11ClFN5. The zero-order chi connectivity index (χ0) is 14.7. The molecule has 0 radical (unpaired) electrons. The molecule has 21 heavy (non-hydrogen) atoms. The smallest absolute Gasteiger partial charge is 0.143 e. The van der Waals surface area contributed by atoms with Gasteiger partial charge in [-0.3, -0.25) is 0 Å². The number of anilines is 1. The molecule has 0 aliphatic carbocycles. The summed E-state index contributed by atoms with van der Waals surface area (Å²) in [7, 11) is 0. The average molecular weight is 304 g/mol. The molecule has 106 valence electrons. The van der Waals surface area contributed by atoms with Gasteiger partial charge in [-0.25, -0.2) is 9.07 Å². The predicted octanol–water partition coefficient (Wildman–Crippen LogP) is 3.07. The van der Waals surface area contributed by atoms with E-state index < -0.39 is 0 Å². The largest absolute Gasteiger partial charge is 0.381 e. The van der Waals surface area contributed by atoms with Crippen LogP contribution in [0.15, 0.2) is 48.8 Å². The minimum absolute atomic E-state index is 0.343. The average Bonchev–Trinajstić information content (AvgIpc) is 3.01. The highest BCUT2D eigenvalue weighted by molar-refractivity contribution is 6.31. The molecule has 1 aromatic heterocycles. The standard InChI is InChI=1S/C14H11ClFN5/c15-14-6-11(16)5-4-10(14)8-17-12-2-1-3-13(7-12)21-9-18-19-20-21/h1-7,9,17H,8H2. The van der Waals surface area contributed by atoms with Crippen LogP contribution >= 0.6 is 11.6 Å². The Bertz CT molecular complexity index is 745. The first-order valence-corrected chi connectivity index (χ1v) is 6.61. The van der Waals surface area contributed by atoms with E-state index in [1.165, 1.54) is 18.5 Å². The van der Waals surface area contributed by atoms with Gasteiger partial charge in [0.25, 0.3) is 0 Å². The molecule has 0 fully saturated rings. The second kappa shape index (κ2) is 5.88. The highest BCUT2D eigenvalue weighted by Gasteiger charge is 2.03. The van der Waals surface area contributed by atoms with E-state index in [0.717, 1.165) is 16.9 Å². The fourth-order valence-electron chi connectivity index (χ4n) is 1.90. The first kappa shape index (κ1) is 13.5. The second-order valence-electron chi connectivity index (χ2n) is 4.39. The third-order valence-corrected chi connectivity index (χ3v) is 3.31. The number of nitrogens with zero attached hydrogens (tertiary/aromatic N) is 4. The molecule has 0 saturated carbocycles. The molecule has 3 aromatic rings. The van der Waals surface area contributed by atoms with Crippen molar-refractivity contribution in [2.75, 3.05) is 5.32 Å². The minimum Gasteiger partial charge on any atom is -0.381 e. The van der Waals surface area contributed by atoms with Gasteiger partial charge in [0.05, 0.1) is 5.69 Å². The lowest BCUT2D eigenvalue weighted by atomic mass is 10.2. The normalized spacial score (nSPS) is 10.6. The Labute approximate surface area is 125 Å². The van der Waals surface area contributed by atoms with Crippen molar-refractivity contribution < 1.29 is 4.39 Å². The first-order valence-electron chi connectivity index (χ1n) is 6.23. The van der Waals surface area contributed by atoms with Gasteiger partial charge >= 0.3 is 0 Å². The van der Waals surface area contributed by atoms with Gasteiger partial charge in [0.2, 0.25) is 0 Å². The van der Waals surface area contributed by atoms with Crippen LogP contribution in [0, 0.1) is 5.82 Å². The topological polar surface area (TPSA) is 55.6 Å². The third-order valence-electron chi connectivity index (χ3n) is 2.96. The van der Waals surface area contributed by atoms with Crippen molar-refractivity contribution in [2.45, 2.75) is 6.54 Å². The predicted molar refractivity (Wildman–Crippen MR) is 77.9 cm³/mol. The van der Waals surface area contributed by atoms with Gasteiger partial charge < -0.3 is 5.32 Å².